The number of benzene rings is 1. The lowest BCUT2D eigenvalue weighted by atomic mass is 10.3. The highest BCUT2D eigenvalue weighted by molar-refractivity contribution is 7.13. The minimum atomic E-state index is 0.430. The van der Waals surface area contributed by atoms with Crippen LogP contribution >= 0.6 is 11.3 Å². The van der Waals surface area contributed by atoms with E-state index in [0.717, 1.165) is 42.6 Å². The van der Waals surface area contributed by atoms with Crippen LogP contribution in [0.2, 0.25) is 0 Å². The summed E-state index contributed by atoms with van der Waals surface area (Å²) in [6.07, 6.45) is 3.61. The Bertz CT molecular complexity index is 942. The van der Waals surface area contributed by atoms with E-state index in [1.807, 2.05) is 54.0 Å². The Morgan fingerprint density at radius 3 is 2.52 bits per heavy atom. The quantitative estimate of drug-likeness (QED) is 0.328. The molecule has 2 N–H and O–H groups in total. The van der Waals surface area contributed by atoms with E-state index in [1.54, 1.807) is 17.5 Å². The minimum Gasteiger partial charge on any atom is -0.490 e. The summed E-state index contributed by atoms with van der Waals surface area (Å²) in [5, 5.41) is 3.07. The van der Waals surface area contributed by atoms with Crippen molar-refractivity contribution in [2.45, 2.75) is 6.54 Å². The van der Waals surface area contributed by atoms with Gasteiger partial charge in [0.15, 0.2) is 11.1 Å². The van der Waals surface area contributed by atoms with Gasteiger partial charge in [0.2, 0.25) is 5.88 Å². The molecule has 3 heterocycles. The van der Waals surface area contributed by atoms with E-state index in [0.29, 0.717) is 31.6 Å². The van der Waals surface area contributed by atoms with Gasteiger partial charge in [0.05, 0.1) is 6.54 Å². The highest BCUT2D eigenvalue weighted by Crippen LogP contribution is 2.19. The van der Waals surface area contributed by atoms with Gasteiger partial charge in [-0.3, -0.25) is 0 Å². The molecule has 0 spiro atoms. The number of para-hydroxylation sites is 1. The number of ether oxygens (including phenoxy) is 2. The van der Waals surface area contributed by atoms with Crippen molar-refractivity contribution >= 4 is 22.4 Å². The van der Waals surface area contributed by atoms with Crippen molar-refractivity contribution in [1.82, 2.24) is 14.9 Å². The van der Waals surface area contributed by atoms with Crippen LogP contribution in [0.15, 0.2) is 65.2 Å². The number of nitrogens with two attached hydrogens (primary N) is 1. The number of hydrogen-bond donors (Lipinski definition) is 1. The lowest BCUT2D eigenvalue weighted by Gasteiger charge is -2.35. The first-order valence-electron chi connectivity index (χ1n) is 10.2. The predicted molar refractivity (Wildman–Crippen MR) is 123 cm³/mol. The number of aliphatic imine (C=N–C) groups is 1. The third-order valence-electron chi connectivity index (χ3n) is 4.86. The topological polar surface area (TPSA) is 89.1 Å². The van der Waals surface area contributed by atoms with Crippen molar-refractivity contribution in [1.29, 1.82) is 0 Å². The van der Waals surface area contributed by atoms with Gasteiger partial charge in [-0.25, -0.2) is 15.0 Å². The molecule has 8 nitrogen and oxygen atoms in total. The second kappa shape index (κ2) is 10.6. The standard InChI is InChI=1S/C22H26N6O2S/c23-21(27-9-11-28(12-10-27)22-24-8-15-31-22)26-17-18-6-7-20(25-16-18)30-14-13-29-19-4-2-1-3-5-19/h1-8,15-16H,9-14,17H2,(H2,23,26). The number of piperazine rings is 1. The predicted octanol–water partition coefficient (Wildman–Crippen LogP) is 2.63. The monoisotopic (exact) mass is 438 g/mol. The third kappa shape index (κ3) is 6.08. The van der Waals surface area contributed by atoms with E-state index in [9.17, 15) is 0 Å². The Hall–Kier alpha value is -3.33. The fourth-order valence-electron chi connectivity index (χ4n) is 3.18. The number of pyridine rings is 1. The summed E-state index contributed by atoms with van der Waals surface area (Å²) in [7, 11) is 0. The zero-order valence-electron chi connectivity index (χ0n) is 17.3. The smallest absolute Gasteiger partial charge is 0.213 e. The van der Waals surface area contributed by atoms with E-state index >= 15 is 0 Å². The molecule has 0 bridgehead atoms. The molecule has 9 heteroatoms. The number of aromatic nitrogens is 2. The van der Waals surface area contributed by atoms with E-state index in [2.05, 4.69) is 24.8 Å². The van der Waals surface area contributed by atoms with Gasteiger partial charge >= 0.3 is 0 Å². The average molecular weight is 439 g/mol. The van der Waals surface area contributed by atoms with Crippen LogP contribution in [0.4, 0.5) is 5.13 Å². The van der Waals surface area contributed by atoms with Gasteiger partial charge in [-0.05, 0) is 17.7 Å². The number of thiazole rings is 1. The molecule has 162 valence electrons. The lowest BCUT2D eigenvalue weighted by Crippen LogP contribution is -2.51. The highest BCUT2D eigenvalue weighted by Gasteiger charge is 2.19. The van der Waals surface area contributed by atoms with E-state index < -0.39 is 0 Å². The molecule has 0 aliphatic carbocycles. The molecule has 0 amide bonds. The molecule has 0 saturated carbocycles. The van der Waals surface area contributed by atoms with Crippen molar-refractivity contribution in [3.05, 3.63) is 65.8 Å². The SMILES string of the molecule is NC(=NCc1ccc(OCCOc2ccccc2)nc1)N1CCN(c2nccs2)CC1. The molecule has 0 radical (unpaired) electrons. The number of anilines is 1. The highest BCUT2D eigenvalue weighted by atomic mass is 32.1. The van der Waals surface area contributed by atoms with Crippen LogP contribution in [-0.4, -0.2) is 60.2 Å². The molecule has 0 unspecified atom stereocenters. The molecular formula is C22H26N6O2S. The van der Waals surface area contributed by atoms with Gasteiger partial charge in [-0.2, -0.15) is 0 Å². The van der Waals surface area contributed by atoms with Crippen molar-refractivity contribution < 1.29 is 9.47 Å². The van der Waals surface area contributed by atoms with Gasteiger partial charge in [-0.1, -0.05) is 24.3 Å². The number of hydrogen-bond acceptors (Lipinski definition) is 7. The summed E-state index contributed by atoms with van der Waals surface area (Å²) in [6.45, 7) is 4.85. The van der Waals surface area contributed by atoms with Crippen LogP contribution in [-0.2, 0) is 6.54 Å². The Balaban J connectivity index is 1.18. The molecule has 2 aromatic heterocycles. The number of nitrogens with zero attached hydrogens (tertiary/aromatic N) is 5. The third-order valence-corrected chi connectivity index (χ3v) is 5.69. The van der Waals surface area contributed by atoms with E-state index in [-0.39, 0.29) is 0 Å². The Kier molecular flexibility index (Phi) is 7.17. The molecule has 4 rings (SSSR count). The van der Waals surface area contributed by atoms with Gasteiger partial charge in [0, 0.05) is 50.0 Å². The summed E-state index contributed by atoms with van der Waals surface area (Å²) in [5.74, 6) is 1.96. The minimum absolute atomic E-state index is 0.430. The lowest BCUT2D eigenvalue weighted by molar-refractivity contribution is 0.212. The van der Waals surface area contributed by atoms with Gasteiger partial charge in [0.1, 0.15) is 19.0 Å². The second-order valence-electron chi connectivity index (χ2n) is 6.98. The molecule has 31 heavy (non-hydrogen) atoms. The molecule has 1 fully saturated rings. The summed E-state index contributed by atoms with van der Waals surface area (Å²) >= 11 is 1.66. The average Bonchev–Trinajstić information content (AvgIpc) is 3.37. The second-order valence-corrected chi connectivity index (χ2v) is 7.85. The molecule has 3 aromatic rings. The Labute approximate surface area is 186 Å². The zero-order chi connectivity index (χ0) is 21.3. The molecule has 1 aliphatic heterocycles. The zero-order valence-corrected chi connectivity index (χ0v) is 18.1. The summed E-state index contributed by atoms with van der Waals surface area (Å²) in [4.78, 5) is 17.6. The fraction of sp³-hybridized carbons (Fsp3) is 0.318. The maximum atomic E-state index is 6.20. The van der Waals surface area contributed by atoms with E-state index in [1.165, 1.54) is 0 Å². The van der Waals surface area contributed by atoms with Crippen LogP contribution in [0.25, 0.3) is 0 Å². The summed E-state index contributed by atoms with van der Waals surface area (Å²) < 4.78 is 11.2. The van der Waals surface area contributed by atoms with Crippen LogP contribution in [0.1, 0.15) is 5.56 Å². The Morgan fingerprint density at radius 2 is 1.81 bits per heavy atom. The van der Waals surface area contributed by atoms with Crippen molar-refractivity contribution in [3.8, 4) is 11.6 Å². The van der Waals surface area contributed by atoms with Crippen molar-refractivity contribution in [2.75, 3.05) is 44.3 Å². The van der Waals surface area contributed by atoms with Crippen molar-refractivity contribution in [2.24, 2.45) is 10.7 Å². The maximum absolute atomic E-state index is 6.20. The molecule has 1 saturated heterocycles. The first-order chi connectivity index (χ1) is 15.3. The fourth-order valence-corrected chi connectivity index (χ4v) is 3.88. The maximum Gasteiger partial charge on any atom is 0.213 e. The summed E-state index contributed by atoms with van der Waals surface area (Å²) in [5.41, 5.74) is 7.19. The van der Waals surface area contributed by atoms with E-state index in [4.69, 9.17) is 15.2 Å². The van der Waals surface area contributed by atoms with Gasteiger partial charge in [-0.15, -0.1) is 11.3 Å². The Morgan fingerprint density at radius 1 is 1.00 bits per heavy atom. The molecule has 1 aromatic carbocycles. The molecule has 1 aliphatic rings. The normalized spacial score (nSPS) is 14.5. The molecular weight excluding hydrogens is 412 g/mol. The van der Waals surface area contributed by atoms with Gasteiger partial charge < -0.3 is 25.0 Å². The van der Waals surface area contributed by atoms with Crippen molar-refractivity contribution in [3.63, 3.8) is 0 Å². The van der Waals surface area contributed by atoms with Crippen LogP contribution in [0, 0.1) is 0 Å². The summed E-state index contributed by atoms with van der Waals surface area (Å²) in [6, 6.07) is 13.5. The van der Waals surface area contributed by atoms with Crippen LogP contribution in [0.3, 0.4) is 0 Å². The molecule has 0 atom stereocenters. The van der Waals surface area contributed by atoms with Gasteiger partial charge in [0.25, 0.3) is 0 Å². The number of guanidine groups is 1. The first kappa shape index (κ1) is 20.9. The number of rotatable bonds is 8. The largest absolute Gasteiger partial charge is 0.490 e. The first-order valence-corrected chi connectivity index (χ1v) is 11.1. The van der Waals surface area contributed by atoms with Crippen LogP contribution < -0.4 is 20.1 Å². The van der Waals surface area contributed by atoms with Crippen LogP contribution in [0.5, 0.6) is 11.6 Å².